The van der Waals surface area contributed by atoms with Crippen LogP contribution in [0.4, 0.5) is 0 Å². The Kier molecular flexibility index (Phi) is 4.41. The van der Waals surface area contributed by atoms with Crippen LogP contribution < -0.4 is 0 Å². The molecule has 29 heavy (non-hydrogen) atoms. The Morgan fingerprint density at radius 3 is 2.07 bits per heavy atom. The highest BCUT2D eigenvalue weighted by atomic mass is 16.6. The molecular weight excluding hydrogens is 364 g/mol. The van der Waals surface area contributed by atoms with Gasteiger partial charge in [-0.25, -0.2) is 0 Å². The second-order valence-electron chi connectivity index (χ2n) is 11.2. The second-order valence-corrected chi connectivity index (χ2v) is 11.2. The van der Waals surface area contributed by atoms with Crippen LogP contribution in [0.15, 0.2) is 0 Å². The van der Waals surface area contributed by atoms with Gasteiger partial charge in [0.2, 0.25) is 0 Å². The maximum absolute atomic E-state index is 13.6. The number of rotatable bonds is 5. The zero-order valence-electron chi connectivity index (χ0n) is 18.3. The van der Waals surface area contributed by atoms with Gasteiger partial charge in [0.1, 0.15) is 5.60 Å². The average molecular weight is 403 g/mol. The summed E-state index contributed by atoms with van der Waals surface area (Å²) >= 11 is 0. The quantitative estimate of drug-likeness (QED) is 0.623. The Balaban J connectivity index is 1.22. The maximum atomic E-state index is 13.6. The van der Waals surface area contributed by atoms with E-state index in [9.17, 15) is 4.79 Å². The lowest BCUT2D eigenvalue weighted by Gasteiger charge is -2.60. The highest BCUT2D eigenvalue weighted by molar-refractivity contribution is 5.74. The van der Waals surface area contributed by atoms with E-state index in [0.29, 0.717) is 29.8 Å². The number of hydrogen-bond donors (Lipinski definition) is 0. The summed E-state index contributed by atoms with van der Waals surface area (Å²) < 4.78 is 19.4. The summed E-state index contributed by atoms with van der Waals surface area (Å²) in [4.78, 5) is 13.6. The van der Waals surface area contributed by atoms with Gasteiger partial charge in [-0.2, -0.15) is 0 Å². The molecule has 0 N–H and O–H groups in total. The summed E-state index contributed by atoms with van der Waals surface area (Å²) in [6, 6.07) is 0. The third-order valence-electron chi connectivity index (χ3n) is 10.1. The van der Waals surface area contributed by atoms with Crippen LogP contribution in [0, 0.1) is 41.4 Å². The van der Waals surface area contributed by atoms with Crippen molar-refractivity contribution >= 4 is 5.97 Å². The summed E-state index contributed by atoms with van der Waals surface area (Å²) in [5, 5.41) is 0. The fourth-order valence-corrected chi connectivity index (χ4v) is 9.19. The molecule has 0 aromatic carbocycles. The number of carbonyl (C=O) groups excluding carboxylic acids is 1. The molecule has 0 amide bonds. The van der Waals surface area contributed by atoms with Gasteiger partial charge in [0.05, 0.1) is 30.3 Å². The Hall–Kier alpha value is -0.610. The fourth-order valence-electron chi connectivity index (χ4n) is 9.19. The highest BCUT2D eigenvalue weighted by Crippen LogP contribution is 2.61. The van der Waals surface area contributed by atoms with E-state index in [4.69, 9.17) is 14.2 Å². The zero-order valence-corrected chi connectivity index (χ0v) is 18.3. The van der Waals surface area contributed by atoms with Crippen LogP contribution in [0.3, 0.4) is 0 Å². The predicted octanol–water partition coefficient (Wildman–Crippen LogP) is 4.74. The van der Waals surface area contributed by atoms with Gasteiger partial charge in [0.15, 0.2) is 0 Å². The Morgan fingerprint density at radius 2 is 1.48 bits per heavy atom. The van der Waals surface area contributed by atoms with Crippen molar-refractivity contribution in [3.8, 4) is 0 Å². The summed E-state index contributed by atoms with van der Waals surface area (Å²) in [5.74, 6) is 3.85. The van der Waals surface area contributed by atoms with Crippen LogP contribution in [0.2, 0.25) is 0 Å². The summed E-state index contributed by atoms with van der Waals surface area (Å²) in [6.45, 7) is 6.68. The van der Waals surface area contributed by atoms with Gasteiger partial charge in [0.25, 0.3) is 0 Å². The van der Waals surface area contributed by atoms with Crippen molar-refractivity contribution in [2.24, 2.45) is 41.4 Å². The first-order valence-electron chi connectivity index (χ1n) is 12.6. The molecule has 4 aliphatic carbocycles. The minimum absolute atomic E-state index is 0.0183. The summed E-state index contributed by atoms with van der Waals surface area (Å²) in [6.07, 6.45) is 11.2. The molecule has 162 valence electrons. The lowest BCUT2D eigenvalue weighted by Crippen LogP contribution is -2.60. The van der Waals surface area contributed by atoms with Crippen LogP contribution in [0.1, 0.15) is 78.6 Å². The Morgan fingerprint density at radius 1 is 0.862 bits per heavy atom. The second kappa shape index (κ2) is 6.69. The van der Waals surface area contributed by atoms with Crippen molar-refractivity contribution < 1.29 is 19.0 Å². The minimum atomic E-state index is -0.186. The Labute approximate surface area is 175 Å². The molecule has 4 nitrogen and oxygen atoms in total. The monoisotopic (exact) mass is 402 g/mol. The molecular formula is C25H38O4. The highest BCUT2D eigenvalue weighted by Gasteiger charge is 2.65. The van der Waals surface area contributed by atoms with E-state index in [1.807, 2.05) is 0 Å². The van der Waals surface area contributed by atoms with E-state index in [2.05, 4.69) is 20.8 Å². The van der Waals surface area contributed by atoms with Crippen LogP contribution in [0.5, 0.6) is 0 Å². The molecule has 7 rings (SSSR count). The first-order chi connectivity index (χ1) is 14.1. The van der Waals surface area contributed by atoms with Crippen LogP contribution in [-0.2, 0) is 19.0 Å². The number of fused-ring (bicyclic) bond motifs is 5. The van der Waals surface area contributed by atoms with Gasteiger partial charge < -0.3 is 14.2 Å². The normalized spacial score (nSPS) is 56.7. The minimum Gasteiger partial charge on any atom is -0.458 e. The molecule has 3 heterocycles. The van der Waals surface area contributed by atoms with E-state index >= 15 is 0 Å². The van der Waals surface area contributed by atoms with E-state index in [1.165, 1.54) is 32.1 Å². The van der Waals surface area contributed by atoms with Gasteiger partial charge in [-0.1, -0.05) is 20.8 Å². The maximum Gasteiger partial charge on any atom is 0.312 e. The van der Waals surface area contributed by atoms with Crippen molar-refractivity contribution in [1.82, 2.24) is 0 Å². The van der Waals surface area contributed by atoms with Crippen LogP contribution >= 0.6 is 0 Å². The SMILES string of the molecule is CCC1OC(CC)C2C3OC(CC3C(=O)OC3(CC)C4CC5CC(C4)CC3C5)C12. The van der Waals surface area contributed by atoms with Gasteiger partial charge in [-0.3, -0.25) is 4.79 Å². The van der Waals surface area contributed by atoms with E-state index in [-0.39, 0.29) is 35.8 Å². The molecule has 0 aromatic rings. The van der Waals surface area contributed by atoms with Gasteiger partial charge in [-0.05, 0) is 81.5 Å². The molecule has 6 bridgehead atoms. The zero-order chi connectivity index (χ0) is 19.9. The lowest BCUT2D eigenvalue weighted by molar-refractivity contribution is -0.216. The smallest absolute Gasteiger partial charge is 0.312 e. The summed E-state index contributed by atoms with van der Waals surface area (Å²) in [5.41, 5.74) is -0.186. The molecule has 4 saturated carbocycles. The van der Waals surface area contributed by atoms with Crippen LogP contribution in [0.25, 0.3) is 0 Å². The molecule has 0 aromatic heterocycles. The predicted molar refractivity (Wildman–Crippen MR) is 109 cm³/mol. The largest absolute Gasteiger partial charge is 0.458 e. The van der Waals surface area contributed by atoms with Crippen molar-refractivity contribution in [1.29, 1.82) is 0 Å². The third-order valence-corrected chi connectivity index (χ3v) is 10.1. The van der Waals surface area contributed by atoms with E-state index in [0.717, 1.165) is 37.5 Å². The lowest BCUT2D eigenvalue weighted by atomic mass is 9.49. The Bertz CT molecular complexity index is 646. The first kappa shape index (κ1) is 19.1. The molecule has 7 atom stereocenters. The number of ether oxygens (including phenoxy) is 3. The summed E-state index contributed by atoms with van der Waals surface area (Å²) in [7, 11) is 0. The molecule has 0 spiro atoms. The van der Waals surface area contributed by atoms with Gasteiger partial charge in [0, 0.05) is 11.8 Å². The topological polar surface area (TPSA) is 44.8 Å². The number of carbonyl (C=O) groups is 1. The molecule has 7 fully saturated rings. The molecule has 3 aliphatic heterocycles. The van der Waals surface area contributed by atoms with Crippen molar-refractivity contribution in [2.75, 3.05) is 0 Å². The first-order valence-corrected chi connectivity index (χ1v) is 12.6. The standard InChI is InChI=1S/C25H38O4/c1-4-18-21-20-12-17(23(28-20)22(21)19(5-2)27-18)24(26)29-25(6-3)15-8-13-7-14(10-15)11-16(25)9-13/h13-23H,4-12H2,1-3H3. The average Bonchev–Trinajstić information content (AvgIpc) is 3.40. The molecule has 3 saturated heterocycles. The van der Waals surface area contributed by atoms with Gasteiger partial charge >= 0.3 is 5.97 Å². The van der Waals surface area contributed by atoms with Crippen LogP contribution in [-0.4, -0.2) is 36.0 Å². The van der Waals surface area contributed by atoms with Crippen molar-refractivity contribution in [3.63, 3.8) is 0 Å². The molecule has 7 unspecified atom stereocenters. The molecule has 7 aliphatic rings. The van der Waals surface area contributed by atoms with Crippen molar-refractivity contribution in [2.45, 2.75) is 109 Å². The number of hydrogen-bond acceptors (Lipinski definition) is 4. The fraction of sp³-hybridized carbons (Fsp3) is 0.960. The molecule has 0 radical (unpaired) electrons. The van der Waals surface area contributed by atoms with E-state index < -0.39 is 0 Å². The third kappa shape index (κ3) is 2.54. The number of esters is 1. The van der Waals surface area contributed by atoms with Gasteiger partial charge in [-0.15, -0.1) is 0 Å². The van der Waals surface area contributed by atoms with E-state index in [1.54, 1.807) is 0 Å². The van der Waals surface area contributed by atoms with Crippen molar-refractivity contribution in [3.05, 3.63) is 0 Å². The molecule has 4 heteroatoms.